The molecule has 0 aliphatic heterocycles. The van der Waals surface area contributed by atoms with Crippen molar-refractivity contribution >= 4 is 15.7 Å². The highest BCUT2D eigenvalue weighted by Gasteiger charge is 2.08. The first-order valence-corrected chi connectivity index (χ1v) is 6.26. The Morgan fingerprint density at radius 2 is 2.21 bits per heavy atom. The van der Waals surface area contributed by atoms with E-state index in [-0.39, 0.29) is 5.75 Å². The summed E-state index contributed by atoms with van der Waals surface area (Å²) in [5.41, 5.74) is 0.503. The van der Waals surface area contributed by atoms with E-state index < -0.39 is 10.0 Å². The molecule has 77 valence electrons. The summed E-state index contributed by atoms with van der Waals surface area (Å²) in [5, 5.41) is 0. The summed E-state index contributed by atoms with van der Waals surface area (Å²) in [5.74, 6) is 0.173. The summed E-state index contributed by atoms with van der Waals surface area (Å²) < 4.78 is 25.3. The Morgan fingerprint density at radius 1 is 1.43 bits per heavy atom. The van der Waals surface area contributed by atoms with E-state index in [9.17, 15) is 8.42 Å². The number of sulfonamides is 1. The predicted molar refractivity (Wildman–Crippen MR) is 57.6 cm³/mol. The molecule has 0 heterocycles. The van der Waals surface area contributed by atoms with E-state index in [0.717, 1.165) is 6.42 Å². The fourth-order valence-corrected chi connectivity index (χ4v) is 2.24. The summed E-state index contributed by atoms with van der Waals surface area (Å²) in [6.45, 7) is 1.96. The topological polar surface area (TPSA) is 46.2 Å². The first-order chi connectivity index (χ1) is 6.64. The maximum absolute atomic E-state index is 11.4. The molecule has 0 aromatic heterocycles. The highest BCUT2D eigenvalue weighted by molar-refractivity contribution is 7.92. The second kappa shape index (κ2) is 5.00. The summed E-state index contributed by atoms with van der Waals surface area (Å²) in [4.78, 5) is 0. The minimum Gasteiger partial charge on any atom is -0.283 e. The Kier molecular flexibility index (Phi) is 3.95. The fourth-order valence-electron chi connectivity index (χ4n) is 1.01. The molecular formula is C10H14NO2S. The molecular weight excluding hydrogens is 198 g/mol. The zero-order valence-electron chi connectivity index (χ0n) is 8.16. The molecule has 0 fully saturated rings. The molecule has 0 unspecified atom stereocenters. The van der Waals surface area contributed by atoms with Crippen LogP contribution in [0.4, 0.5) is 5.69 Å². The van der Waals surface area contributed by atoms with Crippen molar-refractivity contribution in [3.63, 3.8) is 0 Å². The molecule has 1 radical (unpaired) electrons. The first-order valence-electron chi connectivity index (χ1n) is 4.61. The Morgan fingerprint density at radius 3 is 2.79 bits per heavy atom. The van der Waals surface area contributed by atoms with Gasteiger partial charge in [0.05, 0.1) is 11.4 Å². The molecule has 1 rings (SSSR count). The van der Waals surface area contributed by atoms with Gasteiger partial charge in [0.1, 0.15) is 0 Å². The lowest BCUT2D eigenvalue weighted by Gasteiger charge is -2.06. The van der Waals surface area contributed by atoms with Crippen LogP contribution >= 0.6 is 0 Å². The van der Waals surface area contributed by atoms with Gasteiger partial charge < -0.3 is 0 Å². The van der Waals surface area contributed by atoms with E-state index in [2.05, 4.69) is 10.8 Å². The maximum atomic E-state index is 11.4. The van der Waals surface area contributed by atoms with Gasteiger partial charge in [0.15, 0.2) is 0 Å². The minimum atomic E-state index is -3.18. The van der Waals surface area contributed by atoms with Gasteiger partial charge in [0, 0.05) is 6.07 Å². The summed E-state index contributed by atoms with van der Waals surface area (Å²) in [6, 6.07) is 9.74. The van der Waals surface area contributed by atoms with Crippen LogP contribution in [-0.2, 0) is 10.0 Å². The molecule has 1 aromatic carbocycles. The lowest BCUT2D eigenvalue weighted by atomic mass is 10.3. The Hall–Kier alpha value is -1.03. The van der Waals surface area contributed by atoms with E-state index in [1.807, 2.05) is 6.92 Å². The second-order valence-corrected chi connectivity index (χ2v) is 4.89. The molecule has 0 amide bonds. The summed E-state index contributed by atoms with van der Waals surface area (Å²) in [7, 11) is -3.18. The standard InChI is InChI=1S/C10H14NO2S/c1-2-3-9-14(12,13)11-10-7-5-4-6-8-10/h4-7,11H,2-3,9H2,1H3. The van der Waals surface area contributed by atoms with Gasteiger partial charge >= 0.3 is 0 Å². The van der Waals surface area contributed by atoms with Crippen LogP contribution in [0.1, 0.15) is 19.8 Å². The fraction of sp³-hybridized carbons (Fsp3) is 0.400. The number of unbranched alkanes of at least 4 members (excludes halogenated alkanes) is 1. The quantitative estimate of drug-likeness (QED) is 0.811. The molecule has 0 saturated heterocycles. The number of rotatable bonds is 5. The zero-order chi connectivity index (χ0) is 10.4. The minimum absolute atomic E-state index is 0.173. The number of hydrogen-bond acceptors (Lipinski definition) is 2. The van der Waals surface area contributed by atoms with Crippen molar-refractivity contribution in [3.05, 3.63) is 30.3 Å². The van der Waals surface area contributed by atoms with Crippen LogP contribution in [0, 0.1) is 6.07 Å². The largest absolute Gasteiger partial charge is 0.283 e. The highest BCUT2D eigenvalue weighted by Crippen LogP contribution is 2.07. The van der Waals surface area contributed by atoms with Crippen molar-refractivity contribution < 1.29 is 8.42 Å². The molecule has 0 aliphatic rings. The lowest BCUT2D eigenvalue weighted by Crippen LogP contribution is -2.16. The molecule has 0 saturated carbocycles. The van der Waals surface area contributed by atoms with Gasteiger partial charge in [-0.05, 0) is 12.5 Å². The molecule has 0 bridgehead atoms. The molecule has 1 N–H and O–H groups in total. The number of anilines is 1. The van der Waals surface area contributed by atoms with Gasteiger partial charge in [0.2, 0.25) is 10.0 Å². The third kappa shape index (κ3) is 3.79. The van der Waals surface area contributed by atoms with Crippen molar-refractivity contribution in [2.75, 3.05) is 10.5 Å². The van der Waals surface area contributed by atoms with Crippen LogP contribution in [0.25, 0.3) is 0 Å². The second-order valence-electron chi connectivity index (χ2n) is 3.05. The van der Waals surface area contributed by atoms with Gasteiger partial charge in [-0.3, -0.25) is 4.72 Å². The van der Waals surface area contributed by atoms with Crippen LogP contribution in [0.5, 0.6) is 0 Å². The SMILES string of the molecule is CCCCS(=O)(=O)Nc1[c]cccc1. The lowest BCUT2D eigenvalue weighted by molar-refractivity contribution is 0.598. The van der Waals surface area contributed by atoms with Gasteiger partial charge in [-0.15, -0.1) is 0 Å². The summed E-state index contributed by atoms with van der Waals surface area (Å²) >= 11 is 0. The third-order valence-electron chi connectivity index (χ3n) is 1.74. The monoisotopic (exact) mass is 212 g/mol. The van der Waals surface area contributed by atoms with Crippen LogP contribution in [-0.4, -0.2) is 14.2 Å². The van der Waals surface area contributed by atoms with Crippen molar-refractivity contribution in [1.29, 1.82) is 0 Å². The third-order valence-corrected chi connectivity index (χ3v) is 3.10. The molecule has 4 heteroatoms. The van der Waals surface area contributed by atoms with Crippen LogP contribution < -0.4 is 4.72 Å². The average Bonchev–Trinajstić information content (AvgIpc) is 2.16. The zero-order valence-corrected chi connectivity index (χ0v) is 8.97. The maximum Gasteiger partial charge on any atom is 0.232 e. The van der Waals surface area contributed by atoms with E-state index in [1.165, 1.54) is 0 Å². The van der Waals surface area contributed by atoms with Crippen LogP contribution in [0.2, 0.25) is 0 Å². The van der Waals surface area contributed by atoms with E-state index in [1.54, 1.807) is 24.3 Å². The van der Waals surface area contributed by atoms with Crippen LogP contribution in [0.3, 0.4) is 0 Å². The number of para-hydroxylation sites is 1. The molecule has 1 aromatic rings. The van der Waals surface area contributed by atoms with Crippen molar-refractivity contribution in [2.45, 2.75) is 19.8 Å². The smallest absolute Gasteiger partial charge is 0.232 e. The van der Waals surface area contributed by atoms with Gasteiger partial charge in [0.25, 0.3) is 0 Å². The number of benzene rings is 1. The first kappa shape index (κ1) is 11.0. The molecule has 0 atom stereocenters. The molecule has 0 spiro atoms. The number of hydrogen-bond donors (Lipinski definition) is 1. The van der Waals surface area contributed by atoms with E-state index in [4.69, 9.17) is 0 Å². The Bertz CT molecular complexity index is 359. The molecule has 14 heavy (non-hydrogen) atoms. The van der Waals surface area contributed by atoms with Gasteiger partial charge in [-0.25, -0.2) is 8.42 Å². The predicted octanol–water partition coefficient (Wildman–Crippen LogP) is 2.03. The molecule has 3 nitrogen and oxygen atoms in total. The summed E-state index contributed by atoms with van der Waals surface area (Å²) in [6.07, 6.45) is 1.56. The molecule has 0 aliphatic carbocycles. The van der Waals surface area contributed by atoms with E-state index in [0.29, 0.717) is 12.1 Å². The number of nitrogens with one attached hydrogen (secondary N) is 1. The van der Waals surface area contributed by atoms with Crippen molar-refractivity contribution in [1.82, 2.24) is 0 Å². The Balaban J connectivity index is 2.60. The highest BCUT2D eigenvalue weighted by atomic mass is 32.2. The van der Waals surface area contributed by atoms with Gasteiger partial charge in [-0.2, -0.15) is 0 Å². The Labute approximate surface area is 85.2 Å². The normalized spacial score (nSPS) is 11.2. The van der Waals surface area contributed by atoms with Crippen LogP contribution in [0.15, 0.2) is 24.3 Å². The van der Waals surface area contributed by atoms with E-state index >= 15 is 0 Å². The average molecular weight is 212 g/mol. The van der Waals surface area contributed by atoms with Gasteiger partial charge in [-0.1, -0.05) is 31.5 Å². The van der Waals surface area contributed by atoms with Crippen molar-refractivity contribution in [3.8, 4) is 0 Å². The van der Waals surface area contributed by atoms with Crippen molar-refractivity contribution in [2.24, 2.45) is 0 Å².